The van der Waals surface area contributed by atoms with Crippen molar-refractivity contribution in [1.29, 1.82) is 0 Å². The average molecular weight is 493 g/mol. The predicted molar refractivity (Wildman–Crippen MR) is 137 cm³/mol. The van der Waals surface area contributed by atoms with Gasteiger partial charge in [-0.15, -0.1) is 0 Å². The molecule has 35 heavy (non-hydrogen) atoms. The molecule has 2 aromatic rings. The minimum absolute atomic E-state index is 0.0982. The quantitative estimate of drug-likeness (QED) is 0.490. The van der Waals surface area contributed by atoms with Gasteiger partial charge in [-0.25, -0.2) is 4.99 Å². The Morgan fingerprint density at radius 1 is 1.17 bits per heavy atom. The number of nitrogens with two attached hydrogens (primary N) is 1. The largest absolute Gasteiger partial charge is 0.378 e. The molecule has 3 aliphatic rings. The molecule has 4 N–H and O–H groups in total. The van der Waals surface area contributed by atoms with Crippen LogP contribution in [0.4, 0.5) is 11.4 Å². The molecule has 1 aromatic carbocycles. The van der Waals surface area contributed by atoms with E-state index in [-0.39, 0.29) is 35.6 Å². The summed E-state index contributed by atoms with van der Waals surface area (Å²) < 4.78 is 0. The van der Waals surface area contributed by atoms with Crippen LogP contribution in [-0.4, -0.2) is 60.6 Å². The number of amides is 2. The van der Waals surface area contributed by atoms with Crippen LogP contribution in [0.15, 0.2) is 47.6 Å². The second kappa shape index (κ2) is 9.43. The van der Waals surface area contributed by atoms with Crippen LogP contribution in [0.2, 0.25) is 5.02 Å². The number of carbonyl (C=O) groups is 2. The summed E-state index contributed by atoms with van der Waals surface area (Å²) in [6.45, 7) is 1.37. The van der Waals surface area contributed by atoms with Gasteiger partial charge in [0.05, 0.1) is 28.0 Å². The van der Waals surface area contributed by atoms with Crippen LogP contribution >= 0.6 is 11.6 Å². The van der Waals surface area contributed by atoms with Gasteiger partial charge in [-0.3, -0.25) is 14.6 Å². The fourth-order valence-electron chi connectivity index (χ4n) is 5.29. The molecular weight excluding hydrogens is 464 g/mol. The highest BCUT2D eigenvalue weighted by atomic mass is 35.5. The van der Waals surface area contributed by atoms with Crippen molar-refractivity contribution in [2.75, 3.05) is 32.5 Å². The van der Waals surface area contributed by atoms with Gasteiger partial charge >= 0.3 is 0 Å². The maximum absolute atomic E-state index is 12.4. The Labute approximate surface area is 209 Å². The highest BCUT2D eigenvalue weighted by molar-refractivity contribution is 6.34. The Kier molecular flexibility index (Phi) is 6.34. The molecule has 1 fully saturated rings. The maximum atomic E-state index is 12.4. The normalized spacial score (nSPS) is 23.9. The minimum Gasteiger partial charge on any atom is -0.378 e. The molecule has 0 radical (unpaired) electrons. The second-order valence-corrected chi connectivity index (χ2v) is 10.1. The Morgan fingerprint density at radius 2 is 1.91 bits per heavy atom. The molecule has 2 amide bonds. The van der Waals surface area contributed by atoms with Crippen molar-refractivity contribution in [3.8, 4) is 0 Å². The van der Waals surface area contributed by atoms with E-state index in [9.17, 15) is 9.59 Å². The van der Waals surface area contributed by atoms with Gasteiger partial charge in [-0.05, 0) is 50.0 Å². The number of carbonyl (C=O) groups excluding carboxylic acids is 2. The van der Waals surface area contributed by atoms with E-state index in [4.69, 9.17) is 22.3 Å². The molecule has 5 rings (SSSR count). The monoisotopic (exact) mass is 492 g/mol. The Morgan fingerprint density at radius 3 is 2.63 bits per heavy atom. The van der Waals surface area contributed by atoms with Crippen LogP contribution < -0.4 is 16.4 Å². The molecule has 0 unspecified atom stereocenters. The van der Waals surface area contributed by atoms with Crippen LogP contribution in [0.5, 0.6) is 0 Å². The summed E-state index contributed by atoms with van der Waals surface area (Å²) in [6, 6.07) is 7.32. The number of fused-ring (bicyclic) bond motifs is 3. The lowest BCUT2D eigenvalue weighted by molar-refractivity contribution is -0.122. The number of anilines is 1. The number of likely N-dealkylation sites (N-methyl/N-ethyl adjacent to an activating group) is 1. The van der Waals surface area contributed by atoms with E-state index in [2.05, 4.69) is 27.8 Å². The molecule has 0 spiro atoms. The molecule has 2 aliphatic carbocycles. The van der Waals surface area contributed by atoms with E-state index >= 15 is 0 Å². The Bertz CT molecular complexity index is 1220. The first-order valence-corrected chi connectivity index (χ1v) is 12.2. The number of rotatable bonds is 8. The van der Waals surface area contributed by atoms with Gasteiger partial charge in [-0.2, -0.15) is 0 Å². The zero-order chi connectivity index (χ0) is 24.7. The first kappa shape index (κ1) is 23.5. The molecule has 0 saturated heterocycles. The van der Waals surface area contributed by atoms with Crippen molar-refractivity contribution in [2.24, 2.45) is 28.5 Å². The number of primary amides is 1. The van der Waals surface area contributed by atoms with Gasteiger partial charge in [0.25, 0.3) is 5.91 Å². The summed E-state index contributed by atoms with van der Waals surface area (Å²) in [5.41, 5.74) is 10.3. The lowest BCUT2D eigenvalue weighted by atomic mass is 9.88. The third-order valence-electron chi connectivity index (χ3n) is 7.09. The van der Waals surface area contributed by atoms with Crippen molar-refractivity contribution >= 4 is 40.5 Å². The number of benzene rings is 1. The maximum Gasteiger partial charge on any atom is 0.251 e. The lowest BCUT2D eigenvalue weighted by Crippen LogP contribution is -2.41. The van der Waals surface area contributed by atoms with Crippen molar-refractivity contribution in [2.45, 2.75) is 18.9 Å². The molecule has 2 bridgehead atoms. The topological polar surface area (TPSA) is 113 Å². The SMILES string of the molecule is CN(C)CCNC(=O)c1ccc(C2=Nc3c(ncc(Cl)c3N[C@H]3[C@@H](C(N)=O)[C@@H]4C=C[C@H]3C4)C2)cc1. The fraction of sp³-hybridized carbons (Fsp3) is 0.385. The lowest BCUT2D eigenvalue weighted by Gasteiger charge is -2.28. The molecule has 1 aliphatic heterocycles. The van der Waals surface area contributed by atoms with Crippen LogP contribution in [0.3, 0.4) is 0 Å². The van der Waals surface area contributed by atoms with E-state index in [0.29, 0.717) is 34.9 Å². The summed E-state index contributed by atoms with van der Waals surface area (Å²) in [5, 5.41) is 6.90. The molecule has 1 aromatic heterocycles. The molecule has 8 nitrogen and oxygen atoms in total. The third kappa shape index (κ3) is 4.56. The predicted octanol–water partition coefficient (Wildman–Crippen LogP) is 2.79. The average Bonchev–Trinajstić information content (AvgIpc) is 3.55. The number of hydrogen-bond acceptors (Lipinski definition) is 6. The van der Waals surface area contributed by atoms with Crippen LogP contribution in [0.1, 0.15) is 28.0 Å². The summed E-state index contributed by atoms with van der Waals surface area (Å²) in [4.78, 5) is 35.9. The molecule has 4 atom stereocenters. The van der Waals surface area contributed by atoms with Crippen LogP contribution in [0.25, 0.3) is 0 Å². The molecule has 182 valence electrons. The van der Waals surface area contributed by atoms with Crippen molar-refractivity contribution < 1.29 is 9.59 Å². The summed E-state index contributed by atoms with van der Waals surface area (Å²) in [7, 11) is 3.93. The van der Waals surface area contributed by atoms with Gasteiger partial charge in [0, 0.05) is 37.3 Å². The van der Waals surface area contributed by atoms with Crippen LogP contribution in [-0.2, 0) is 11.2 Å². The summed E-state index contributed by atoms with van der Waals surface area (Å²) in [6.07, 6.45) is 7.36. The molecule has 1 saturated carbocycles. The van der Waals surface area contributed by atoms with Gasteiger partial charge in [0.1, 0.15) is 5.69 Å². The molecule has 2 heterocycles. The smallest absolute Gasteiger partial charge is 0.251 e. The van der Waals surface area contributed by atoms with E-state index in [0.717, 1.165) is 29.9 Å². The van der Waals surface area contributed by atoms with Crippen molar-refractivity contribution in [3.63, 3.8) is 0 Å². The van der Waals surface area contributed by atoms with Gasteiger partial charge < -0.3 is 21.3 Å². The zero-order valence-electron chi connectivity index (χ0n) is 19.8. The highest BCUT2D eigenvalue weighted by Crippen LogP contribution is 2.47. The Hall–Kier alpha value is -3.23. The van der Waals surface area contributed by atoms with E-state index < -0.39 is 0 Å². The standard InChI is InChI=1S/C26H29ClN6O2/c1-33(2)10-9-29-26(35)15-5-3-14(4-6-15)19-12-20-24(31-19)23(18(27)13-30-20)32-22-17-8-7-16(11-17)21(22)25(28)34/h3-8,13,16-17,21-22H,9-12H2,1-2H3,(H2,28,34)(H,29,35)(H,30,32)/t16-,17+,21+,22-/m1/s1. The van der Waals surface area contributed by atoms with Crippen molar-refractivity contribution in [1.82, 2.24) is 15.2 Å². The summed E-state index contributed by atoms with van der Waals surface area (Å²) in [5.74, 6) is -0.263. The fourth-order valence-corrected chi connectivity index (χ4v) is 5.48. The molecular formula is C26H29ClN6O2. The first-order chi connectivity index (χ1) is 16.8. The number of allylic oxidation sites excluding steroid dienone is 1. The van der Waals surface area contributed by atoms with Crippen molar-refractivity contribution in [3.05, 3.63) is 64.5 Å². The number of aliphatic imine (C=N–C) groups is 1. The van der Waals surface area contributed by atoms with Gasteiger partial charge in [0.2, 0.25) is 5.91 Å². The zero-order valence-corrected chi connectivity index (χ0v) is 20.5. The Balaban J connectivity index is 1.35. The first-order valence-electron chi connectivity index (χ1n) is 11.8. The van der Waals surface area contributed by atoms with Crippen LogP contribution in [0, 0.1) is 17.8 Å². The second-order valence-electron chi connectivity index (χ2n) is 9.69. The third-order valence-corrected chi connectivity index (χ3v) is 7.37. The number of pyridine rings is 1. The highest BCUT2D eigenvalue weighted by Gasteiger charge is 2.48. The van der Waals surface area contributed by atoms with Gasteiger partial charge in [0.15, 0.2) is 0 Å². The number of nitrogens with one attached hydrogen (secondary N) is 2. The van der Waals surface area contributed by atoms with E-state index in [1.807, 2.05) is 43.3 Å². The number of hydrogen-bond donors (Lipinski definition) is 3. The number of aromatic nitrogens is 1. The minimum atomic E-state index is -0.295. The molecule has 9 heteroatoms. The van der Waals surface area contributed by atoms with Gasteiger partial charge in [-0.1, -0.05) is 35.9 Å². The van der Waals surface area contributed by atoms with E-state index in [1.54, 1.807) is 6.20 Å². The number of nitrogens with zero attached hydrogens (tertiary/aromatic N) is 3. The number of halogens is 1. The van der Waals surface area contributed by atoms with E-state index in [1.165, 1.54) is 0 Å². The summed E-state index contributed by atoms with van der Waals surface area (Å²) >= 11 is 6.55.